The average molecular weight is 389 g/mol. The van der Waals surface area contributed by atoms with Crippen molar-refractivity contribution in [2.24, 2.45) is 5.41 Å². The molecule has 0 radical (unpaired) electrons. The van der Waals surface area contributed by atoms with Crippen LogP contribution in [0.3, 0.4) is 0 Å². The number of halogens is 6. The highest BCUT2D eigenvalue weighted by molar-refractivity contribution is 6.23. The maximum Gasteiger partial charge on any atom is 0.0448 e. The molecule has 0 fully saturated rings. The average Bonchev–Trinajstić information content (AvgIpc) is 2.40. The Bertz CT molecular complexity index is 241. The van der Waals surface area contributed by atoms with Gasteiger partial charge in [-0.25, -0.2) is 0 Å². The molecule has 0 aromatic heterocycles. The minimum Gasteiger partial charge on any atom is -0.127 e. The molecule has 0 atom stereocenters. The Balaban J connectivity index is 5.61. The monoisotopic (exact) mass is 386 g/mol. The minimum atomic E-state index is -0.126. The van der Waals surface area contributed by atoms with Gasteiger partial charge in [-0.05, 0) is 36.7 Å². The first-order chi connectivity index (χ1) is 9.15. The lowest BCUT2D eigenvalue weighted by Gasteiger charge is -2.37. The van der Waals surface area contributed by atoms with E-state index in [0.29, 0.717) is 35.3 Å². The zero-order valence-corrected chi connectivity index (χ0v) is 15.4. The minimum absolute atomic E-state index is 0.126. The van der Waals surface area contributed by atoms with E-state index < -0.39 is 0 Å². The second-order valence-electron chi connectivity index (χ2n) is 4.39. The molecule has 0 aromatic carbocycles. The SMILES string of the molecule is ClCCC(=C(CCl)CCl)C(CCCl)(CCCl)CCCl. The Kier molecular flexibility index (Phi) is 13.0. The van der Waals surface area contributed by atoms with Gasteiger partial charge < -0.3 is 0 Å². The van der Waals surface area contributed by atoms with Crippen LogP contribution in [0.4, 0.5) is 0 Å². The van der Waals surface area contributed by atoms with Crippen molar-refractivity contribution in [2.45, 2.75) is 25.7 Å². The molecular formula is C13H20Cl6. The summed E-state index contributed by atoms with van der Waals surface area (Å²) in [6.07, 6.45) is 3.20. The topological polar surface area (TPSA) is 0 Å². The van der Waals surface area contributed by atoms with Crippen molar-refractivity contribution in [1.82, 2.24) is 0 Å². The summed E-state index contributed by atoms with van der Waals surface area (Å²) in [5.74, 6) is 3.00. The fourth-order valence-electron chi connectivity index (χ4n) is 2.48. The zero-order chi connectivity index (χ0) is 14.7. The lowest BCUT2D eigenvalue weighted by Crippen LogP contribution is -2.28. The first-order valence-electron chi connectivity index (χ1n) is 6.22. The third-order valence-corrected chi connectivity index (χ3v) is 4.85. The van der Waals surface area contributed by atoms with Crippen molar-refractivity contribution in [3.8, 4) is 0 Å². The van der Waals surface area contributed by atoms with Gasteiger partial charge in [0.2, 0.25) is 0 Å². The number of alkyl halides is 6. The van der Waals surface area contributed by atoms with Crippen LogP contribution in [-0.4, -0.2) is 35.3 Å². The number of hydrogen-bond acceptors (Lipinski definition) is 0. The van der Waals surface area contributed by atoms with Gasteiger partial charge in [0.05, 0.1) is 0 Å². The van der Waals surface area contributed by atoms with Crippen molar-refractivity contribution in [2.75, 3.05) is 35.3 Å². The molecule has 0 saturated heterocycles. The molecule has 0 aliphatic carbocycles. The molecule has 0 bridgehead atoms. The summed E-state index contributed by atoms with van der Waals surface area (Å²) >= 11 is 35.9. The second-order valence-corrected chi connectivity index (χ2v) is 6.43. The van der Waals surface area contributed by atoms with Crippen LogP contribution in [0.1, 0.15) is 25.7 Å². The molecule has 0 heterocycles. The van der Waals surface area contributed by atoms with Gasteiger partial charge in [0.25, 0.3) is 0 Å². The van der Waals surface area contributed by atoms with Crippen molar-refractivity contribution < 1.29 is 0 Å². The van der Waals surface area contributed by atoms with E-state index in [0.717, 1.165) is 31.3 Å². The molecule has 0 aromatic rings. The highest BCUT2D eigenvalue weighted by atomic mass is 35.5. The van der Waals surface area contributed by atoms with E-state index in [4.69, 9.17) is 69.6 Å². The summed E-state index contributed by atoms with van der Waals surface area (Å²) in [5, 5.41) is 0. The quantitative estimate of drug-likeness (QED) is 0.289. The first-order valence-corrected chi connectivity index (χ1v) is 9.43. The summed E-state index contributed by atoms with van der Waals surface area (Å²) in [7, 11) is 0. The van der Waals surface area contributed by atoms with Crippen molar-refractivity contribution in [3.63, 3.8) is 0 Å². The smallest absolute Gasteiger partial charge is 0.0448 e. The Morgan fingerprint density at radius 3 is 1.32 bits per heavy atom. The van der Waals surface area contributed by atoms with Crippen LogP contribution in [0.2, 0.25) is 0 Å². The van der Waals surface area contributed by atoms with Crippen LogP contribution in [0.25, 0.3) is 0 Å². The van der Waals surface area contributed by atoms with Gasteiger partial charge in [0.15, 0.2) is 0 Å². The molecular weight excluding hydrogens is 369 g/mol. The van der Waals surface area contributed by atoms with E-state index in [1.54, 1.807) is 0 Å². The van der Waals surface area contributed by atoms with Crippen LogP contribution < -0.4 is 0 Å². The Morgan fingerprint density at radius 1 is 0.632 bits per heavy atom. The van der Waals surface area contributed by atoms with Gasteiger partial charge in [-0.3, -0.25) is 0 Å². The summed E-state index contributed by atoms with van der Waals surface area (Å²) in [4.78, 5) is 0. The fraction of sp³-hybridized carbons (Fsp3) is 0.846. The molecule has 0 amide bonds. The van der Waals surface area contributed by atoms with E-state index >= 15 is 0 Å². The molecule has 19 heavy (non-hydrogen) atoms. The van der Waals surface area contributed by atoms with Crippen molar-refractivity contribution >= 4 is 69.6 Å². The van der Waals surface area contributed by atoms with Gasteiger partial charge in [-0.15, -0.1) is 69.6 Å². The largest absolute Gasteiger partial charge is 0.127 e. The highest BCUT2D eigenvalue weighted by Crippen LogP contribution is 2.43. The van der Waals surface area contributed by atoms with Gasteiger partial charge >= 0.3 is 0 Å². The molecule has 114 valence electrons. The van der Waals surface area contributed by atoms with Gasteiger partial charge in [0.1, 0.15) is 0 Å². The molecule has 0 N–H and O–H groups in total. The normalized spacial score (nSPS) is 11.7. The van der Waals surface area contributed by atoms with Crippen LogP contribution >= 0.6 is 69.6 Å². The maximum absolute atomic E-state index is 6.02. The second kappa shape index (κ2) is 12.1. The van der Waals surface area contributed by atoms with Crippen LogP contribution in [0, 0.1) is 5.41 Å². The molecule has 0 unspecified atom stereocenters. The molecule has 0 spiro atoms. The van der Waals surface area contributed by atoms with E-state index in [1.807, 2.05) is 0 Å². The Morgan fingerprint density at radius 2 is 1.05 bits per heavy atom. The predicted molar refractivity (Wildman–Crippen MR) is 92.2 cm³/mol. The van der Waals surface area contributed by atoms with E-state index in [9.17, 15) is 0 Å². The standard InChI is InChI=1S/C13H20Cl6/c14-5-1-12(11(9-18)10-19)13(2-6-15,3-7-16)4-8-17/h1-10H2. The summed E-state index contributed by atoms with van der Waals surface area (Å²) in [5.41, 5.74) is 2.11. The predicted octanol–water partition coefficient (Wildman–Crippen LogP) is 6.26. The van der Waals surface area contributed by atoms with Crippen LogP contribution in [0.15, 0.2) is 11.1 Å². The van der Waals surface area contributed by atoms with E-state index in [2.05, 4.69) is 0 Å². The number of allylic oxidation sites excluding steroid dienone is 2. The molecule has 0 aliphatic rings. The Labute approximate surface area is 146 Å². The molecule has 0 nitrogen and oxygen atoms in total. The number of rotatable bonds is 11. The van der Waals surface area contributed by atoms with Crippen LogP contribution in [0.5, 0.6) is 0 Å². The zero-order valence-electron chi connectivity index (χ0n) is 10.8. The Hall–Kier alpha value is 1.48. The van der Waals surface area contributed by atoms with Gasteiger partial charge in [-0.2, -0.15) is 0 Å². The molecule has 0 rings (SSSR count). The van der Waals surface area contributed by atoms with Crippen molar-refractivity contribution in [1.29, 1.82) is 0 Å². The summed E-state index contributed by atoms with van der Waals surface area (Å²) in [6, 6.07) is 0. The van der Waals surface area contributed by atoms with Crippen molar-refractivity contribution in [3.05, 3.63) is 11.1 Å². The highest BCUT2D eigenvalue weighted by Gasteiger charge is 2.33. The lowest BCUT2D eigenvalue weighted by atomic mass is 9.70. The third-order valence-electron chi connectivity index (χ3n) is 3.45. The summed E-state index contributed by atoms with van der Waals surface area (Å²) < 4.78 is 0. The van der Waals surface area contributed by atoms with Gasteiger partial charge in [-0.1, -0.05) is 5.57 Å². The lowest BCUT2D eigenvalue weighted by molar-refractivity contribution is 0.310. The van der Waals surface area contributed by atoms with Gasteiger partial charge in [0, 0.05) is 35.3 Å². The maximum atomic E-state index is 6.02. The molecule has 6 heteroatoms. The van der Waals surface area contributed by atoms with Crippen LogP contribution in [-0.2, 0) is 0 Å². The number of hydrogen-bond donors (Lipinski definition) is 0. The first kappa shape index (κ1) is 20.5. The fourth-order valence-corrected chi connectivity index (χ4v) is 4.36. The van der Waals surface area contributed by atoms with E-state index in [1.165, 1.54) is 5.57 Å². The summed E-state index contributed by atoms with van der Waals surface area (Å²) in [6.45, 7) is 0. The molecule has 0 saturated carbocycles. The third kappa shape index (κ3) is 6.41. The molecule has 0 aliphatic heterocycles. The van der Waals surface area contributed by atoms with E-state index in [-0.39, 0.29) is 5.41 Å².